The Balaban J connectivity index is 1.38. The Morgan fingerprint density at radius 3 is 2.49 bits per heavy atom. The fraction of sp³-hybridized carbons (Fsp3) is 0.471. The van der Waals surface area contributed by atoms with E-state index in [1.165, 1.54) is 22.4 Å². The molecule has 3 heterocycles. The summed E-state index contributed by atoms with van der Waals surface area (Å²) in [5.41, 5.74) is 1.18. The van der Waals surface area contributed by atoms with Crippen LogP contribution in [0.1, 0.15) is 59.8 Å². The number of carbonyl (C=O) groups excluding carboxylic acids is 4. The molecule has 47 heavy (non-hydrogen) atoms. The number of nitrogens with zero attached hydrogens (tertiary/aromatic N) is 3. The summed E-state index contributed by atoms with van der Waals surface area (Å²) in [6.07, 6.45) is 3.60. The molecule has 3 N–H and O–H groups in total. The number of hydrogen-bond donors (Lipinski definition) is 3. The van der Waals surface area contributed by atoms with Crippen molar-refractivity contribution in [1.82, 2.24) is 25.5 Å². The summed E-state index contributed by atoms with van der Waals surface area (Å²) in [5, 5.41) is 11.8. The van der Waals surface area contributed by atoms with Crippen molar-refractivity contribution in [2.24, 2.45) is 5.41 Å². The SMILES string of the molecule is CCC[C@@H](NC(=O)C1CC(Oc2ccc(Cl)cn2)CN1C(=O)[C@@H](Nc1nc(-c2ccccc2)cs1)C(C)(C)C)C(=O)C(=O)NC1CC1. The first-order valence-corrected chi connectivity index (χ1v) is 17.2. The number of thiazole rings is 1. The van der Waals surface area contributed by atoms with Crippen molar-refractivity contribution < 1.29 is 23.9 Å². The zero-order valence-electron chi connectivity index (χ0n) is 27.0. The molecular formula is C34H41ClN6O5S. The molecule has 11 nitrogen and oxygen atoms in total. The fourth-order valence-corrected chi connectivity index (χ4v) is 6.33. The number of ether oxygens (including phenoxy) is 1. The van der Waals surface area contributed by atoms with Crippen LogP contribution >= 0.6 is 22.9 Å². The van der Waals surface area contributed by atoms with Gasteiger partial charge in [0, 0.05) is 35.7 Å². The molecule has 4 atom stereocenters. The van der Waals surface area contributed by atoms with E-state index in [1.807, 2.05) is 63.4 Å². The lowest BCUT2D eigenvalue weighted by molar-refractivity contribution is -0.143. The molecule has 2 aliphatic rings. The van der Waals surface area contributed by atoms with Crippen molar-refractivity contribution in [1.29, 1.82) is 0 Å². The van der Waals surface area contributed by atoms with Crippen molar-refractivity contribution in [3.05, 3.63) is 59.1 Å². The van der Waals surface area contributed by atoms with Crippen LogP contribution in [0.5, 0.6) is 5.88 Å². The predicted octanol–water partition coefficient (Wildman–Crippen LogP) is 4.87. The van der Waals surface area contributed by atoms with Crippen LogP contribution in [0.2, 0.25) is 5.02 Å². The maximum absolute atomic E-state index is 14.5. The Kier molecular flexibility index (Phi) is 10.8. The third-order valence-electron chi connectivity index (χ3n) is 8.14. The average molecular weight is 681 g/mol. The number of rotatable bonds is 13. The molecule has 0 spiro atoms. The number of carbonyl (C=O) groups is 4. The molecule has 3 aromatic rings. The van der Waals surface area contributed by atoms with Gasteiger partial charge in [0.25, 0.3) is 5.91 Å². The van der Waals surface area contributed by atoms with Gasteiger partial charge in [0.05, 0.1) is 23.3 Å². The number of hydrogen-bond acceptors (Lipinski definition) is 9. The van der Waals surface area contributed by atoms with Gasteiger partial charge in [-0.15, -0.1) is 11.3 Å². The van der Waals surface area contributed by atoms with Gasteiger partial charge in [0.15, 0.2) is 5.13 Å². The number of pyridine rings is 1. The summed E-state index contributed by atoms with van der Waals surface area (Å²) in [6.45, 7) is 7.82. The molecule has 2 fully saturated rings. The molecule has 1 aromatic carbocycles. The Morgan fingerprint density at radius 2 is 1.85 bits per heavy atom. The smallest absolute Gasteiger partial charge is 0.289 e. The normalized spacial score (nSPS) is 19.0. The number of nitrogens with one attached hydrogen (secondary N) is 3. The van der Waals surface area contributed by atoms with Crippen molar-refractivity contribution in [2.45, 2.75) is 90.1 Å². The minimum Gasteiger partial charge on any atom is -0.472 e. The largest absolute Gasteiger partial charge is 0.472 e. The van der Waals surface area contributed by atoms with Gasteiger partial charge in [-0.25, -0.2) is 9.97 Å². The number of aromatic nitrogens is 2. The van der Waals surface area contributed by atoms with E-state index in [9.17, 15) is 19.2 Å². The van der Waals surface area contributed by atoms with E-state index < -0.39 is 47.2 Å². The number of likely N-dealkylation sites (tertiary alicyclic amines) is 1. The molecule has 250 valence electrons. The quantitative estimate of drug-likeness (QED) is 0.217. The first-order chi connectivity index (χ1) is 22.4. The summed E-state index contributed by atoms with van der Waals surface area (Å²) in [4.78, 5) is 64.5. The molecular weight excluding hydrogens is 640 g/mol. The van der Waals surface area contributed by atoms with E-state index in [2.05, 4.69) is 20.9 Å². The predicted molar refractivity (Wildman–Crippen MR) is 181 cm³/mol. The van der Waals surface area contributed by atoms with Crippen LogP contribution in [0, 0.1) is 5.41 Å². The number of amides is 3. The van der Waals surface area contributed by atoms with Crippen LogP contribution in [-0.2, 0) is 19.2 Å². The first kappa shape index (κ1) is 34.3. The summed E-state index contributed by atoms with van der Waals surface area (Å²) >= 11 is 7.40. The highest BCUT2D eigenvalue weighted by atomic mass is 35.5. The first-order valence-electron chi connectivity index (χ1n) is 15.9. The number of Topliss-reactive ketones (excluding diaryl/α,β-unsaturated/α-hetero) is 1. The molecule has 2 aromatic heterocycles. The maximum atomic E-state index is 14.5. The third kappa shape index (κ3) is 8.86. The molecule has 0 bridgehead atoms. The van der Waals surface area contributed by atoms with Crippen LogP contribution < -0.4 is 20.7 Å². The molecule has 3 amide bonds. The molecule has 1 saturated carbocycles. The minimum absolute atomic E-state index is 0.00944. The van der Waals surface area contributed by atoms with E-state index in [1.54, 1.807) is 12.1 Å². The summed E-state index contributed by atoms with van der Waals surface area (Å²) < 4.78 is 6.11. The lowest BCUT2D eigenvalue weighted by atomic mass is 9.85. The van der Waals surface area contributed by atoms with Gasteiger partial charge in [0.1, 0.15) is 18.2 Å². The summed E-state index contributed by atoms with van der Waals surface area (Å²) in [6, 6.07) is 10.3. The lowest BCUT2D eigenvalue weighted by Gasteiger charge is -2.35. The van der Waals surface area contributed by atoms with Crippen LogP contribution in [0.4, 0.5) is 5.13 Å². The van der Waals surface area contributed by atoms with Gasteiger partial charge in [-0.3, -0.25) is 19.2 Å². The molecule has 1 saturated heterocycles. The highest BCUT2D eigenvalue weighted by Crippen LogP contribution is 2.32. The van der Waals surface area contributed by atoms with E-state index in [4.69, 9.17) is 21.3 Å². The van der Waals surface area contributed by atoms with Crippen molar-refractivity contribution in [2.75, 3.05) is 11.9 Å². The van der Waals surface area contributed by atoms with Crippen molar-refractivity contribution in [3.63, 3.8) is 0 Å². The Morgan fingerprint density at radius 1 is 1.11 bits per heavy atom. The van der Waals surface area contributed by atoms with E-state index in [-0.39, 0.29) is 31.3 Å². The van der Waals surface area contributed by atoms with E-state index in [0.717, 1.165) is 24.1 Å². The second-order valence-corrected chi connectivity index (χ2v) is 14.4. The third-order valence-corrected chi connectivity index (χ3v) is 9.13. The van der Waals surface area contributed by atoms with E-state index >= 15 is 0 Å². The number of benzene rings is 1. The van der Waals surface area contributed by atoms with Crippen LogP contribution in [-0.4, -0.2) is 75.2 Å². The van der Waals surface area contributed by atoms with Gasteiger partial charge in [0.2, 0.25) is 23.5 Å². The van der Waals surface area contributed by atoms with Crippen LogP contribution in [0.15, 0.2) is 54.0 Å². The van der Waals surface area contributed by atoms with Crippen molar-refractivity contribution in [3.8, 4) is 17.1 Å². The minimum atomic E-state index is -1.01. The number of anilines is 1. The Hall–Kier alpha value is -4.03. The maximum Gasteiger partial charge on any atom is 0.289 e. The molecule has 2 unspecified atom stereocenters. The molecule has 13 heteroatoms. The molecule has 1 aliphatic heterocycles. The van der Waals surface area contributed by atoms with Gasteiger partial charge in [-0.2, -0.15) is 0 Å². The van der Waals surface area contributed by atoms with Gasteiger partial charge >= 0.3 is 0 Å². The second kappa shape index (κ2) is 14.8. The highest BCUT2D eigenvalue weighted by Gasteiger charge is 2.46. The standard InChI is InChI=1S/C34H41ClN6O5S/c1-5-9-24(28(42)31(44)37-22-13-14-22)38-30(43)26-16-23(46-27-15-12-21(35)17-36-27)18-41(26)32(45)29(34(2,3)4)40-33-39-25(19-47-33)20-10-7-6-8-11-20/h6-8,10-12,15,17,19,22-24,26,29H,5,9,13-14,16,18H2,1-4H3,(H,37,44)(H,38,43)(H,39,40)/t23?,24-,26?,29-/m1/s1. The van der Waals surface area contributed by atoms with Gasteiger partial charge < -0.3 is 25.6 Å². The fourth-order valence-electron chi connectivity index (χ4n) is 5.47. The average Bonchev–Trinajstić information content (AvgIpc) is 3.55. The second-order valence-electron chi connectivity index (χ2n) is 13.1. The Labute approximate surface area is 283 Å². The van der Waals surface area contributed by atoms with E-state index in [0.29, 0.717) is 22.5 Å². The monoisotopic (exact) mass is 680 g/mol. The van der Waals surface area contributed by atoms with Crippen molar-refractivity contribution >= 4 is 51.6 Å². The van der Waals surface area contributed by atoms with Gasteiger partial charge in [-0.1, -0.05) is 76.0 Å². The topological polar surface area (TPSA) is 143 Å². The Bertz CT molecular complexity index is 1570. The molecule has 5 rings (SSSR count). The zero-order chi connectivity index (χ0) is 33.7. The van der Waals surface area contributed by atoms with Crippen LogP contribution in [0.3, 0.4) is 0 Å². The zero-order valence-corrected chi connectivity index (χ0v) is 28.6. The lowest BCUT2D eigenvalue weighted by Crippen LogP contribution is -2.56. The summed E-state index contributed by atoms with van der Waals surface area (Å²) in [7, 11) is 0. The number of halogens is 1. The van der Waals surface area contributed by atoms with Crippen LogP contribution in [0.25, 0.3) is 11.3 Å². The molecule has 1 aliphatic carbocycles. The summed E-state index contributed by atoms with van der Waals surface area (Å²) in [5.74, 6) is -1.91. The van der Waals surface area contributed by atoms with Gasteiger partial charge in [-0.05, 0) is 30.7 Å². The number of ketones is 1. The molecule has 0 radical (unpaired) electrons. The highest BCUT2D eigenvalue weighted by molar-refractivity contribution is 7.14.